The van der Waals surface area contributed by atoms with E-state index in [1.807, 2.05) is 0 Å². The zero-order valence-electron chi connectivity index (χ0n) is 17.8. The van der Waals surface area contributed by atoms with Crippen LogP contribution in [0, 0.1) is 5.21 Å². The number of hydrogen-bond donors (Lipinski definition) is 2. The number of quaternary nitrogens is 1. The summed E-state index contributed by atoms with van der Waals surface area (Å²) in [6.07, 6.45) is 17.2. The van der Waals surface area contributed by atoms with Crippen LogP contribution in [0.15, 0.2) is 0 Å². The molecule has 0 aromatic heterocycles. The van der Waals surface area contributed by atoms with Crippen molar-refractivity contribution < 1.29 is 14.9 Å². The summed E-state index contributed by atoms with van der Waals surface area (Å²) in [5.74, 6) is 0. The van der Waals surface area contributed by atoms with Crippen molar-refractivity contribution in [2.24, 2.45) is 0 Å². The van der Waals surface area contributed by atoms with Gasteiger partial charge in [-0.15, -0.1) is 0 Å². The average Bonchev–Trinajstić information content (AvgIpc) is 2.63. The zero-order chi connectivity index (χ0) is 19.5. The Morgan fingerprint density at radius 2 is 1.12 bits per heavy atom. The van der Waals surface area contributed by atoms with E-state index in [2.05, 4.69) is 13.8 Å². The fourth-order valence-electron chi connectivity index (χ4n) is 3.91. The van der Waals surface area contributed by atoms with Gasteiger partial charge in [0.2, 0.25) is 0 Å². The van der Waals surface area contributed by atoms with Gasteiger partial charge in [0.15, 0.2) is 0 Å². The summed E-state index contributed by atoms with van der Waals surface area (Å²) in [6.45, 7) is 5.33. The fraction of sp³-hybridized carbons (Fsp3) is 1.00. The first-order valence-electron chi connectivity index (χ1n) is 11.4. The number of aliphatic hydroxyl groups excluding tert-OH is 2. The molecule has 0 saturated carbocycles. The lowest BCUT2D eigenvalue weighted by Crippen LogP contribution is -2.53. The van der Waals surface area contributed by atoms with Gasteiger partial charge in [0, 0.05) is 13.0 Å². The zero-order valence-corrected chi connectivity index (χ0v) is 17.8. The van der Waals surface area contributed by atoms with Crippen LogP contribution in [-0.4, -0.2) is 47.2 Å². The molecule has 0 aliphatic rings. The molecular weight excluding hydrogens is 326 g/mol. The Morgan fingerprint density at radius 3 is 1.62 bits per heavy atom. The van der Waals surface area contributed by atoms with E-state index in [-0.39, 0.29) is 30.4 Å². The van der Waals surface area contributed by atoms with Crippen LogP contribution in [0.3, 0.4) is 0 Å². The standard InChI is InChI=1S/C22H47NO3/c1-3-5-7-9-11-12-14-16-22(17-20-24)23(26,19-21-25)18-15-13-10-8-6-4-2/h22,24-25H,3-21H2,1-2H3. The van der Waals surface area contributed by atoms with Crippen LogP contribution < -0.4 is 0 Å². The summed E-state index contributed by atoms with van der Waals surface area (Å²) in [4.78, 5) is 0. The van der Waals surface area contributed by atoms with E-state index in [0.717, 1.165) is 25.7 Å². The van der Waals surface area contributed by atoms with Crippen molar-refractivity contribution in [1.29, 1.82) is 0 Å². The molecule has 0 aromatic carbocycles. The maximum atomic E-state index is 13.4. The predicted molar refractivity (Wildman–Crippen MR) is 112 cm³/mol. The molecule has 4 nitrogen and oxygen atoms in total. The molecule has 2 atom stereocenters. The Labute approximate surface area is 163 Å². The Kier molecular flexibility index (Phi) is 18.1. The Bertz CT molecular complexity index is 289. The van der Waals surface area contributed by atoms with Crippen LogP contribution in [-0.2, 0) is 0 Å². The quantitative estimate of drug-likeness (QED) is 0.167. The molecule has 0 aromatic rings. The highest BCUT2D eigenvalue weighted by atomic mass is 16.5. The first kappa shape index (κ1) is 25.8. The maximum absolute atomic E-state index is 13.4. The van der Waals surface area contributed by atoms with Crippen LogP contribution in [0.25, 0.3) is 0 Å². The Balaban J connectivity index is 4.28. The van der Waals surface area contributed by atoms with Gasteiger partial charge in [-0.1, -0.05) is 78.1 Å². The van der Waals surface area contributed by atoms with Crippen LogP contribution in [0.2, 0.25) is 0 Å². The van der Waals surface area contributed by atoms with Crippen molar-refractivity contribution in [3.8, 4) is 0 Å². The van der Waals surface area contributed by atoms with E-state index in [1.54, 1.807) is 0 Å². The minimum atomic E-state index is -0.305. The van der Waals surface area contributed by atoms with Crippen molar-refractivity contribution in [2.75, 3.05) is 26.3 Å². The molecule has 0 amide bonds. The van der Waals surface area contributed by atoms with Gasteiger partial charge < -0.3 is 20.1 Å². The smallest absolute Gasteiger partial charge is 0.102 e. The summed E-state index contributed by atoms with van der Waals surface area (Å²) >= 11 is 0. The third-order valence-corrected chi connectivity index (χ3v) is 5.64. The van der Waals surface area contributed by atoms with Gasteiger partial charge >= 0.3 is 0 Å². The second-order valence-corrected chi connectivity index (χ2v) is 7.97. The Hall–Kier alpha value is -0.160. The summed E-state index contributed by atoms with van der Waals surface area (Å²) < 4.78 is -0.305. The van der Waals surface area contributed by atoms with Gasteiger partial charge in [0.25, 0.3) is 0 Å². The lowest BCUT2D eigenvalue weighted by atomic mass is 10.0. The molecule has 2 N–H and O–H groups in total. The number of hydroxylamine groups is 3. The molecule has 0 aliphatic carbocycles. The molecule has 0 saturated heterocycles. The highest BCUT2D eigenvalue weighted by Gasteiger charge is 2.27. The first-order chi connectivity index (χ1) is 12.6. The number of aliphatic hydroxyl groups is 2. The van der Waals surface area contributed by atoms with Gasteiger partial charge in [0.1, 0.15) is 6.54 Å². The second-order valence-electron chi connectivity index (χ2n) is 7.97. The molecule has 0 fully saturated rings. The summed E-state index contributed by atoms with van der Waals surface area (Å²) in [7, 11) is 0. The lowest BCUT2D eigenvalue weighted by molar-refractivity contribution is -0.907. The largest absolute Gasteiger partial charge is 0.633 e. The van der Waals surface area contributed by atoms with E-state index in [1.165, 1.54) is 64.2 Å². The molecule has 0 spiro atoms. The number of rotatable bonds is 20. The van der Waals surface area contributed by atoms with E-state index in [4.69, 9.17) is 0 Å². The topological polar surface area (TPSA) is 63.5 Å². The molecule has 0 radical (unpaired) electrons. The maximum Gasteiger partial charge on any atom is 0.102 e. The van der Waals surface area contributed by atoms with E-state index >= 15 is 0 Å². The highest BCUT2D eigenvalue weighted by molar-refractivity contribution is 4.64. The first-order valence-corrected chi connectivity index (χ1v) is 11.4. The van der Waals surface area contributed by atoms with Crippen LogP contribution in [0.4, 0.5) is 0 Å². The van der Waals surface area contributed by atoms with Crippen LogP contribution in [0.1, 0.15) is 110 Å². The number of unbranched alkanes of at least 4 members (excludes halogenated alkanes) is 11. The second kappa shape index (κ2) is 18.2. The van der Waals surface area contributed by atoms with E-state index < -0.39 is 0 Å². The highest BCUT2D eigenvalue weighted by Crippen LogP contribution is 2.23. The molecule has 2 unspecified atom stereocenters. The fourth-order valence-corrected chi connectivity index (χ4v) is 3.91. The van der Waals surface area contributed by atoms with Crippen LogP contribution in [0.5, 0.6) is 0 Å². The molecule has 26 heavy (non-hydrogen) atoms. The molecule has 158 valence electrons. The third kappa shape index (κ3) is 13.1. The molecule has 4 heteroatoms. The van der Waals surface area contributed by atoms with Crippen molar-refractivity contribution in [3.05, 3.63) is 5.21 Å². The van der Waals surface area contributed by atoms with Gasteiger partial charge in [-0.2, -0.15) is 0 Å². The molecule has 0 rings (SSSR count). The minimum Gasteiger partial charge on any atom is -0.633 e. The van der Waals surface area contributed by atoms with E-state index in [0.29, 0.717) is 13.0 Å². The summed E-state index contributed by atoms with van der Waals surface area (Å²) in [5.41, 5.74) is 0. The average molecular weight is 374 g/mol. The molecule has 0 heterocycles. The summed E-state index contributed by atoms with van der Waals surface area (Å²) in [6, 6.07) is -0.0570. The van der Waals surface area contributed by atoms with Gasteiger partial charge in [-0.05, 0) is 25.7 Å². The van der Waals surface area contributed by atoms with Crippen molar-refractivity contribution >= 4 is 0 Å². The van der Waals surface area contributed by atoms with Gasteiger partial charge in [0.05, 0.1) is 19.2 Å². The monoisotopic (exact) mass is 373 g/mol. The van der Waals surface area contributed by atoms with Crippen molar-refractivity contribution in [1.82, 2.24) is 0 Å². The number of hydrogen-bond acceptors (Lipinski definition) is 3. The Morgan fingerprint density at radius 1 is 0.615 bits per heavy atom. The number of nitrogens with zero attached hydrogens (tertiary/aromatic N) is 1. The summed E-state index contributed by atoms with van der Waals surface area (Å²) in [5, 5.41) is 32.2. The SMILES string of the molecule is CCCCCCCCCC(CCO)[N+]([O-])(CCO)CCCCCCCC. The van der Waals surface area contributed by atoms with Crippen molar-refractivity contribution in [2.45, 2.75) is 116 Å². The normalized spacial score (nSPS) is 15.1. The lowest BCUT2D eigenvalue weighted by Gasteiger charge is -2.49. The van der Waals surface area contributed by atoms with E-state index in [9.17, 15) is 15.4 Å². The van der Waals surface area contributed by atoms with Crippen molar-refractivity contribution in [3.63, 3.8) is 0 Å². The molecular formula is C22H47NO3. The van der Waals surface area contributed by atoms with Gasteiger partial charge in [-0.3, -0.25) is 0 Å². The third-order valence-electron chi connectivity index (χ3n) is 5.64. The molecule has 0 bridgehead atoms. The minimum absolute atomic E-state index is 0.0570. The van der Waals surface area contributed by atoms with Crippen LogP contribution >= 0.6 is 0 Å². The van der Waals surface area contributed by atoms with Gasteiger partial charge in [-0.25, -0.2) is 0 Å². The molecule has 0 aliphatic heterocycles. The predicted octanol–water partition coefficient (Wildman–Crippen LogP) is 5.55.